The fourth-order valence-corrected chi connectivity index (χ4v) is 0. The monoisotopic (exact) mass is 276 g/mol. The Labute approximate surface area is 119 Å². The molecule has 0 aromatic rings. The Kier molecular flexibility index (Phi) is 226. The summed E-state index contributed by atoms with van der Waals surface area (Å²) in [6.45, 7) is 5.00. The van der Waals surface area contributed by atoms with Crippen molar-refractivity contribution in [2.24, 2.45) is 0 Å². The summed E-state index contributed by atoms with van der Waals surface area (Å²) in [5, 5.41) is 0. The van der Waals surface area contributed by atoms with Gasteiger partial charge in [-0.15, -0.1) is 0 Å². The van der Waals surface area contributed by atoms with Gasteiger partial charge in [0.1, 0.15) is 0 Å². The van der Waals surface area contributed by atoms with Crippen LogP contribution >= 0.6 is 19.4 Å². The van der Waals surface area contributed by atoms with Gasteiger partial charge < -0.3 is 30.9 Å². The summed E-state index contributed by atoms with van der Waals surface area (Å²) in [4.78, 5) is 0. The zero-order valence-electron chi connectivity index (χ0n) is 6.13. The molecule has 0 saturated carbocycles. The summed E-state index contributed by atoms with van der Waals surface area (Å²) in [7, 11) is 9.90. The molecule has 0 amide bonds. The minimum atomic E-state index is -0.931. The summed E-state index contributed by atoms with van der Waals surface area (Å²) >= 11 is -0.931. The molecular weight excluding hydrogens is 274 g/mol. The van der Waals surface area contributed by atoms with Crippen molar-refractivity contribution in [3.8, 4) is 0 Å². The number of allylic oxidation sites excluding steroid dienone is 1. The Morgan fingerprint density at radius 2 is 1.30 bits per heavy atom. The van der Waals surface area contributed by atoms with Crippen molar-refractivity contribution >= 4 is 42.4 Å². The molecule has 0 atom stereocenters. The number of halogens is 4. The van der Waals surface area contributed by atoms with E-state index in [4.69, 9.17) is 19.4 Å². The van der Waals surface area contributed by atoms with Gasteiger partial charge in [-0.25, -0.2) is 0 Å². The molecule has 0 rings (SSSR count). The SMILES string of the molecule is C=[C-]C.[Cl-].[Cl-].[Cl][Zn][Cl].[Li+].[Mg+2]. The maximum absolute atomic E-state index is 4.95. The molecule has 0 nitrogen and oxygen atoms in total. The first kappa shape index (κ1) is 38.4. The number of rotatable bonds is 0. The van der Waals surface area contributed by atoms with Crippen LogP contribution in [0.4, 0.5) is 0 Å². The predicted octanol–water partition coefficient (Wildman–Crippen LogP) is -7.00. The number of hydrogen-bond acceptors (Lipinski definition) is 0. The van der Waals surface area contributed by atoms with E-state index in [2.05, 4.69) is 12.7 Å². The van der Waals surface area contributed by atoms with Gasteiger partial charge in [0, 0.05) is 0 Å². The van der Waals surface area contributed by atoms with Crippen molar-refractivity contribution in [3.05, 3.63) is 12.7 Å². The first-order chi connectivity index (χ1) is 2.83. The predicted molar refractivity (Wildman–Crippen MR) is 32.0 cm³/mol. The van der Waals surface area contributed by atoms with Crippen molar-refractivity contribution in [3.63, 3.8) is 0 Å². The normalized spacial score (nSPS) is 2.30. The third kappa shape index (κ3) is 128. The molecule has 10 heavy (non-hydrogen) atoms. The summed E-state index contributed by atoms with van der Waals surface area (Å²) in [6, 6.07) is 0. The smallest absolute Gasteiger partial charge is 1.00 e. The van der Waals surface area contributed by atoms with Crippen LogP contribution in [0.5, 0.6) is 0 Å². The second kappa shape index (κ2) is 59.0. The van der Waals surface area contributed by atoms with E-state index in [0.29, 0.717) is 0 Å². The van der Waals surface area contributed by atoms with Crippen molar-refractivity contribution in [2.75, 3.05) is 0 Å². The van der Waals surface area contributed by atoms with E-state index in [0.717, 1.165) is 0 Å². The zero-order valence-corrected chi connectivity index (χ0v) is 13.5. The molecule has 0 N–H and O–H groups in total. The van der Waals surface area contributed by atoms with Crippen molar-refractivity contribution < 1.29 is 58.8 Å². The fourth-order valence-electron chi connectivity index (χ4n) is 0. The standard InChI is InChI=1S/C3H5.4ClH.Li.Mg.Zn/c1-3-2;;;;;;;/h1H2,2H3;4*1H;;;/q-1;;;;;+1;2*+2/p-4. The van der Waals surface area contributed by atoms with Crippen LogP contribution in [-0.2, 0) is 15.1 Å². The molecule has 0 aliphatic rings. The van der Waals surface area contributed by atoms with E-state index in [9.17, 15) is 0 Å². The third-order valence-corrected chi connectivity index (χ3v) is 0. The Balaban J connectivity index is -0.00000000571. The summed E-state index contributed by atoms with van der Waals surface area (Å²) in [5.41, 5.74) is 0. The van der Waals surface area contributed by atoms with Gasteiger partial charge in [0.05, 0.1) is 0 Å². The Bertz CT molecular complexity index is 34.5. The van der Waals surface area contributed by atoms with Crippen molar-refractivity contribution in [2.45, 2.75) is 6.92 Å². The van der Waals surface area contributed by atoms with E-state index in [1.165, 1.54) is 0 Å². The molecule has 0 spiro atoms. The molecule has 7 heteroatoms. The molecular formula is C3H5Cl4LiMgZn. The molecule has 0 radical (unpaired) electrons. The third-order valence-electron chi connectivity index (χ3n) is 0. The first-order valence-electron chi connectivity index (χ1n) is 1.39. The van der Waals surface area contributed by atoms with E-state index in [1.807, 2.05) is 0 Å². The molecule has 0 heterocycles. The first-order valence-corrected chi connectivity index (χ1v) is 9.19. The quantitative estimate of drug-likeness (QED) is 0.305. The van der Waals surface area contributed by atoms with E-state index in [-0.39, 0.29) is 66.7 Å². The average Bonchev–Trinajstić information content (AvgIpc) is 1.39. The minimum absolute atomic E-state index is 0. The van der Waals surface area contributed by atoms with Gasteiger partial charge in [-0.1, -0.05) is 0 Å². The molecule has 50 valence electrons. The molecule has 0 aliphatic heterocycles. The van der Waals surface area contributed by atoms with E-state index in [1.54, 1.807) is 6.92 Å². The Morgan fingerprint density at radius 3 is 1.30 bits per heavy atom. The van der Waals surface area contributed by atoms with Crippen LogP contribution in [0.2, 0.25) is 0 Å². The van der Waals surface area contributed by atoms with Gasteiger partial charge in [0.15, 0.2) is 0 Å². The molecule has 0 saturated heterocycles. The van der Waals surface area contributed by atoms with Gasteiger partial charge in [-0.05, 0) is 0 Å². The van der Waals surface area contributed by atoms with Crippen LogP contribution in [0.1, 0.15) is 6.92 Å². The molecule has 0 unspecified atom stereocenters. The van der Waals surface area contributed by atoms with Crippen molar-refractivity contribution in [1.29, 1.82) is 0 Å². The second-order valence-electron chi connectivity index (χ2n) is 0.455. The van der Waals surface area contributed by atoms with Crippen LogP contribution < -0.4 is 43.7 Å². The Morgan fingerprint density at radius 1 is 1.30 bits per heavy atom. The molecule has 0 aromatic heterocycles. The second-order valence-corrected chi connectivity index (χ2v) is 5.08. The van der Waals surface area contributed by atoms with Crippen LogP contribution in [0, 0.1) is 6.08 Å². The maximum Gasteiger partial charge on any atom is 2.00 e. The fraction of sp³-hybridized carbons (Fsp3) is 0.333. The topological polar surface area (TPSA) is 0 Å². The van der Waals surface area contributed by atoms with Gasteiger partial charge in [-0.3, -0.25) is 6.58 Å². The average molecular weight is 280 g/mol. The zero-order chi connectivity index (χ0) is 5.41. The van der Waals surface area contributed by atoms with E-state index >= 15 is 0 Å². The summed E-state index contributed by atoms with van der Waals surface area (Å²) in [5.74, 6) is 0. The number of hydrogen-bond donors (Lipinski definition) is 0. The minimum Gasteiger partial charge on any atom is 1.00 e. The van der Waals surface area contributed by atoms with Crippen LogP contribution in [0.25, 0.3) is 0 Å². The van der Waals surface area contributed by atoms with Gasteiger partial charge in [0.25, 0.3) is 0 Å². The van der Waals surface area contributed by atoms with Gasteiger partial charge in [0.2, 0.25) is 0 Å². The Hall–Kier alpha value is 2.89. The molecule has 0 fully saturated rings. The maximum atomic E-state index is 4.95. The largest absolute Gasteiger partial charge is 2.00 e. The van der Waals surface area contributed by atoms with Crippen LogP contribution in [0.15, 0.2) is 6.58 Å². The van der Waals surface area contributed by atoms with Crippen LogP contribution in [0.3, 0.4) is 0 Å². The molecule has 0 bridgehead atoms. The molecule has 0 aliphatic carbocycles. The summed E-state index contributed by atoms with van der Waals surface area (Å²) < 4.78 is 0. The van der Waals surface area contributed by atoms with Gasteiger partial charge in [-0.2, -0.15) is 6.92 Å². The van der Waals surface area contributed by atoms with E-state index < -0.39 is 15.1 Å². The van der Waals surface area contributed by atoms with Crippen LogP contribution in [-0.4, -0.2) is 23.1 Å². The van der Waals surface area contributed by atoms with Gasteiger partial charge >= 0.3 is 76.4 Å². The summed E-state index contributed by atoms with van der Waals surface area (Å²) in [6.07, 6.45) is 2.50. The molecule has 0 aromatic carbocycles. The van der Waals surface area contributed by atoms with Crippen molar-refractivity contribution in [1.82, 2.24) is 0 Å².